The second-order valence-electron chi connectivity index (χ2n) is 4.76. The Balaban J connectivity index is 2.42. The molecule has 1 aromatic carbocycles. The fourth-order valence-corrected chi connectivity index (χ4v) is 2.07. The molecule has 81 valence electrons. The van der Waals surface area contributed by atoms with Gasteiger partial charge in [-0.2, -0.15) is 0 Å². The van der Waals surface area contributed by atoms with Gasteiger partial charge in [0.1, 0.15) is 6.54 Å². The monoisotopic (exact) mass is 219 g/mol. The highest BCUT2D eigenvalue weighted by Crippen LogP contribution is 2.10. The maximum absolute atomic E-state index is 3.52. The lowest BCUT2D eigenvalue weighted by Crippen LogP contribution is -2.39. The normalized spacial score (nSPS) is 11.7. The highest BCUT2D eigenvalue weighted by molar-refractivity contribution is 6.08. The minimum Gasteiger partial charge on any atom is -0.325 e. The van der Waals surface area contributed by atoms with Crippen molar-refractivity contribution in [3.05, 3.63) is 35.9 Å². The highest BCUT2D eigenvalue weighted by atomic mass is 28.1. The molecule has 3 radical (unpaired) electrons. The van der Waals surface area contributed by atoms with Crippen LogP contribution in [-0.4, -0.2) is 35.4 Å². The second-order valence-corrected chi connectivity index (χ2v) is 5.26. The van der Waals surface area contributed by atoms with E-state index < -0.39 is 0 Å². The number of hydrogen-bond acceptors (Lipinski definition) is 0. The van der Waals surface area contributed by atoms with E-state index >= 15 is 0 Å². The average Bonchev–Trinajstić information content (AvgIpc) is 2.18. The minimum atomic E-state index is 1.08. The van der Waals surface area contributed by atoms with Gasteiger partial charge < -0.3 is 4.48 Å². The van der Waals surface area contributed by atoms with Gasteiger partial charge in [-0.15, -0.1) is 0 Å². The van der Waals surface area contributed by atoms with Crippen LogP contribution in [0.25, 0.3) is 0 Å². The van der Waals surface area contributed by atoms with E-state index in [4.69, 9.17) is 0 Å². The van der Waals surface area contributed by atoms with Crippen LogP contribution in [0.4, 0.5) is 0 Å². The lowest BCUT2D eigenvalue weighted by molar-refractivity contribution is -0.903. The van der Waals surface area contributed by atoms with Crippen LogP contribution in [-0.2, 0) is 6.54 Å². The smallest absolute Gasteiger partial charge is 0.104 e. The largest absolute Gasteiger partial charge is 0.325 e. The Morgan fingerprint density at radius 1 is 1.07 bits per heavy atom. The van der Waals surface area contributed by atoms with E-state index in [1.165, 1.54) is 24.9 Å². The van der Waals surface area contributed by atoms with Crippen LogP contribution in [0.2, 0.25) is 6.04 Å². The number of rotatable bonds is 6. The molecule has 0 saturated carbocycles. The number of quaternary nitrogens is 1. The maximum atomic E-state index is 3.52. The third-order valence-electron chi connectivity index (χ3n) is 2.64. The summed E-state index contributed by atoms with van der Waals surface area (Å²) >= 11 is 0. The molecule has 0 saturated heterocycles. The first-order valence-electron chi connectivity index (χ1n) is 5.64. The summed E-state index contributed by atoms with van der Waals surface area (Å²) in [7, 11) is 8.13. The molecular weight excluding hydrogens is 198 g/mol. The van der Waals surface area contributed by atoms with Gasteiger partial charge >= 0.3 is 0 Å². The zero-order valence-electron chi connectivity index (χ0n) is 9.87. The molecule has 2 heteroatoms. The van der Waals surface area contributed by atoms with Crippen LogP contribution in [0.3, 0.4) is 0 Å². The lowest BCUT2D eigenvalue weighted by Gasteiger charge is -2.30. The Labute approximate surface area is 97.1 Å². The molecule has 0 aromatic heterocycles. The molecule has 0 atom stereocenters. The number of hydrogen-bond donors (Lipinski definition) is 0. The molecule has 0 bridgehead atoms. The minimum absolute atomic E-state index is 1.08. The van der Waals surface area contributed by atoms with E-state index in [1.807, 2.05) is 0 Å². The Morgan fingerprint density at radius 3 is 2.33 bits per heavy atom. The Hall–Kier alpha value is -0.603. The molecule has 0 amide bonds. The topological polar surface area (TPSA) is 0 Å². The average molecular weight is 219 g/mol. The summed E-state index contributed by atoms with van der Waals surface area (Å²) in [6.45, 7) is 2.38. The van der Waals surface area contributed by atoms with Crippen molar-refractivity contribution in [3.63, 3.8) is 0 Å². The zero-order chi connectivity index (χ0) is 11.1. The van der Waals surface area contributed by atoms with Crippen LogP contribution < -0.4 is 0 Å². The van der Waals surface area contributed by atoms with Crippen molar-refractivity contribution in [2.45, 2.75) is 25.4 Å². The van der Waals surface area contributed by atoms with E-state index in [2.05, 4.69) is 54.7 Å². The molecule has 1 rings (SSSR count). The van der Waals surface area contributed by atoms with Crippen LogP contribution in [0.15, 0.2) is 30.3 Å². The van der Waals surface area contributed by atoms with Crippen molar-refractivity contribution >= 4 is 10.2 Å². The van der Waals surface area contributed by atoms with E-state index in [1.54, 1.807) is 0 Å². The quantitative estimate of drug-likeness (QED) is 0.392. The first-order chi connectivity index (χ1) is 7.14. The lowest BCUT2D eigenvalue weighted by atomic mass is 10.2. The van der Waals surface area contributed by atoms with Gasteiger partial charge in [0.25, 0.3) is 0 Å². The van der Waals surface area contributed by atoms with Crippen LogP contribution in [0.5, 0.6) is 0 Å². The second kappa shape index (κ2) is 6.08. The molecule has 0 aliphatic heterocycles. The van der Waals surface area contributed by atoms with Gasteiger partial charge in [-0.25, -0.2) is 0 Å². The summed E-state index contributed by atoms with van der Waals surface area (Å²) in [5, 5.41) is 0. The Kier molecular flexibility index (Phi) is 5.06. The Bertz CT molecular complexity index is 269. The van der Waals surface area contributed by atoms with Crippen molar-refractivity contribution < 1.29 is 4.48 Å². The molecular formula is C13H21NSi+. The first-order valence-corrected chi connectivity index (χ1v) is 6.35. The summed E-state index contributed by atoms with van der Waals surface area (Å²) in [6, 6.07) is 11.9. The molecule has 0 unspecified atom stereocenters. The van der Waals surface area contributed by atoms with Crippen LogP contribution >= 0.6 is 0 Å². The van der Waals surface area contributed by atoms with Gasteiger partial charge in [-0.1, -0.05) is 42.8 Å². The number of benzene rings is 1. The fraction of sp³-hybridized carbons (Fsp3) is 0.538. The van der Waals surface area contributed by atoms with Gasteiger partial charge in [-0.05, 0) is 6.42 Å². The van der Waals surface area contributed by atoms with Crippen molar-refractivity contribution in [2.75, 3.05) is 20.6 Å². The molecule has 0 spiro atoms. The summed E-state index contributed by atoms with van der Waals surface area (Å²) in [6.07, 6.45) is 2.57. The fourth-order valence-electron chi connectivity index (χ4n) is 1.82. The van der Waals surface area contributed by atoms with Crippen molar-refractivity contribution in [1.29, 1.82) is 0 Å². The van der Waals surface area contributed by atoms with E-state index in [0.29, 0.717) is 0 Å². The van der Waals surface area contributed by atoms with Crippen molar-refractivity contribution in [1.82, 2.24) is 0 Å². The summed E-state index contributed by atoms with van der Waals surface area (Å²) in [4.78, 5) is 0. The molecule has 0 heterocycles. The number of nitrogens with zero attached hydrogens (tertiary/aromatic N) is 1. The first kappa shape index (κ1) is 12.5. The molecule has 0 aliphatic rings. The van der Waals surface area contributed by atoms with Gasteiger partial charge in [0, 0.05) is 15.8 Å². The van der Waals surface area contributed by atoms with E-state index in [-0.39, 0.29) is 0 Å². The van der Waals surface area contributed by atoms with E-state index in [0.717, 1.165) is 17.1 Å². The highest BCUT2D eigenvalue weighted by Gasteiger charge is 2.14. The molecule has 1 nitrogen and oxygen atoms in total. The van der Waals surface area contributed by atoms with Gasteiger partial charge in [-0.3, -0.25) is 0 Å². The third-order valence-corrected chi connectivity index (χ3v) is 3.00. The molecule has 0 aliphatic carbocycles. The molecule has 0 N–H and O–H groups in total. The predicted octanol–water partition coefficient (Wildman–Crippen LogP) is 2.63. The predicted molar refractivity (Wildman–Crippen MR) is 66.9 cm³/mol. The number of unbranched alkanes of at least 4 members (excludes halogenated alkanes) is 1. The maximum Gasteiger partial charge on any atom is 0.104 e. The Morgan fingerprint density at radius 2 is 1.73 bits per heavy atom. The zero-order valence-corrected chi connectivity index (χ0v) is 10.9. The summed E-state index contributed by atoms with van der Waals surface area (Å²) < 4.78 is 1.08. The van der Waals surface area contributed by atoms with E-state index in [9.17, 15) is 0 Å². The molecule has 1 aromatic rings. The van der Waals surface area contributed by atoms with Crippen molar-refractivity contribution in [2.24, 2.45) is 0 Å². The SMILES string of the molecule is C[N+](C)(CCCC[Si])Cc1ccccc1. The molecule has 15 heavy (non-hydrogen) atoms. The summed E-state index contributed by atoms with van der Waals surface area (Å²) in [5.74, 6) is 0. The summed E-state index contributed by atoms with van der Waals surface area (Å²) in [5.41, 5.74) is 1.43. The van der Waals surface area contributed by atoms with Crippen LogP contribution in [0, 0.1) is 0 Å². The van der Waals surface area contributed by atoms with Crippen molar-refractivity contribution in [3.8, 4) is 0 Å². The third kappa shape index (κ3) is 5.14. The van der Waals surface area contributed by atoms with Gasteiger partial charge in [0.2, 0.25) is 0 Å². The van der Waals surface area contributed by atoms with Crippen LogP contribution in [0.1, 0.15) is 18.4 Å². The standard InChI is InChI=1S/C13H21NSi/c1-14(2,10-6-7-11-15)12-13-8-4-3-5-9-13/h3-5,8-9H,6-7,10-12H2,1-2H3/q+1. The van der Waals surface area contributed by atoms with Gasteiger partial charge in [0.15, 0.2) is 0 Å². The van der Waals surface area contributed by atoms with Gasteiger partial charge in [0.05, 0.1) is 20.6 Å². The molecule has 0 fully saturated rings.